The van der Waals surface area contributed by atoms with Gasteiger partial charge in [0.25, 0.3) is 0 Å². The highest BCUT2D eigenvalue weighted by molar-refractivity contribution is 5.77. The van der Waals surface area contributed by atoms with Crippen LogP contribution in [0.4, 0.5) is 0 Å². The number of imidazole rings is 1. The summed E-state index contributed by atoms with van der Waals surface area (Å²) in [6.45, 7) is 6.18. The molecule has 0 N–H and O–H groups in total. The highest BCUT2D eigenvalue weighted by atomic mass is 17.3. The molecule has 1 spiro atoms. The van der Waals surface area contributed by atoms with E-state index in [4.69, 9.17) is 39.2 Å². The number of esters is 2. The van der Waals surface area contributed by atoms with Crippen LogP contribution in [0.2, 0.25) is 0 Å². The Kier molecular flexibility index (Phi) is 7.18. The number of aromatic nitrogens is 2. The summed E-state index contributed by atoms with van der Waals surface area (Å²) in [7, 11) is 0. The van der Waals surface area contributed by atoms with Gasteiger partial charge in [0.15, 0.2) is 23.3 Å². The molecule has 0 unspecified atom stereocenters. The summed E-state index contributed by atoms with van der Waals surface area (Å²) in [5.74, 6) is -1.57. The fourth-order valence-electron chi connectivity index (χ4n) is 6.48. The van der Waals surface area contributed by atoms with Gasteiger partial charge in [0, 0.05) is 18.3 Å². The molecule has 4 aliphatic heterocycles. The minimum atomic E-state index is -0.919. The Morgan fingerprint density at radius 1 is 1.13 bits per heavy atom. The van der Waals surface area contributed by atoms with Crippen molar-refractivity contribution in [3.8, 4) is 12.1 Å². The van der Waals surface area contributed by atoms with Crippen molar-refractivity contribution in [1.82, 2.24) is 9.55 Å². The van der Waals surface area contributed by atoms with Crippen molar-refractivity contribution in [2.45, 2.75) is 89.8 Å². The van der Waals surface area contributed by atoms with Crippen LogP contribution in [0.1, 0.15) is 70.7 Å². The van der Waals surface area contributed by atoms with Gasteiger partial charge in [0.05, 0.1) is 25.7 Å². The van der Waals surface area contributed by atoms with Gasteiger partial charge in [-0.25, -0.2) is 14.8 Å². The van der Waals surface area contributed by atoms with E-state index in [9.17, 15) is 9.59 Å². The first-order valence-corrected chi connectivity index (χ1v) is 13.1. The Balaban J connectivity index is 1.14. The van der Waals surface area contributed by atoms with E-state index >= 15 is 0 Å². The van der Waals surface area contributed by atoms with Gasteiger partial charge in [-0.15, -0.1) is 0 Å². The van der Waals surface area contributed by atoms with Crippen molar-refractivity contribution in [3.05, 3.63) is 17.7 Å². The first kappa shape index (κ1) is 26.6. The highest BCUT2D eigenvalue weighted by Crippen LogP contribution is 2.60. The maximum absolute atomic E-state index is 12.7. The SMILES string of the molecule is C[C@H]1[C@H](OC(=O)CCC(=O)OCCn2cnc(C#N)c2C#N)O[C@@H]2O[C@@]3(C)CC[C@H]4[C@H](C)CC[C@@H]1[C@@]24OO3. The maximum atomic E-state index is 12.7. The van der Waals surface area contributed by atoms with E-state index in [-0.39, 0.29) is 55.1 Å². The molecule has 2 bridgehead atoms. The van der Waals surface area contributed by atoms with Crippen LogP contribution in [-0.2, 0) is 44.9 Å². The molecule has 8 atom stereocenters. The fourth-order valence-corrected chi connectivity index (χ4v) is 6.48. The molecule has 1 saturated carbocycles. The second-order valence-corrected chi connectivity index (χ2v) is 10.8. The molecule has 1 aromatic heterocycles. The van der Waals surface area contributed by atoms with Crippen LogP contribution in [0, 0.1) is 46.3 Å². The van der Waals surface area contributed by atoms with Crippen LogP contribution in [-0.4, -0.2) is 52.1 Å². The molecule has 12 heteroatoms. The van der Waals surface area contributed by atoms with Gasteiger partial charge >= 0.3 is 11.9 Å². The zero-order valence-electron chi connectivity index (χ0n) is 21.8. The van der Waals surface area contributed by atoms with Gasteiger partial charge in [-0.2, -0.15) is 10.5 Å². The average molecular weight is 529 g/mol. The molecule has 0 aromatic carbocycles. The molecular weight excluding hydrogens is 496 g/mol. The molecule has 1 aliphatic carbocycles. The molecule has 6 rings (SSSR count). The number of nitriles is 2. The topological polar surface area (TPSA) is 155 Å². The van der Waals surface area contributed by atoms with Crippen molar-refractivity contribution in [2.75, 3.05) is 6.61 Å². The molecule has 5 aliphatic rings. The van der Waals surface area contributed by atoms with E-state index in [1.54, 1.807) is 0 Å². The number of carbonyl (C=O) groups is 2. The Labute approximate surface area is 220 Å². The quantitative estimate of drug-likeness (QED) is 0.379. The van der Waals surface area contributed by atoms with Crippen LogP contribution in [0.3, 0.4) is 0 Å². The van der Waals surface area contributed by atoms with E-state index in [1.165, 1.54) is 10.9 Å². The Morgan fingerprint density at radius 3 is 2.68 bits per heavy atom. The highest BCUT2D eigenvalue weighted by Gasteiger charge is 2.69. The van der Waals surface area contributed by atoms with Crippen molar-refractivity contribution in [3.63, 3.8) is 0 Å². The van der Waals surface area contributed by atoms with Gasteiger partial charge < -0.3 is 23.5 Å². The number of hydrogen-bond acceptors (Lipinski definition) is 11. The monoisotopic (exact) mass is 528 g/mol. The van der Waals surface area contributed by atoms with E-state index in [0.29, 0.717) is 12.3 Å². The smallest absolute Gasteiger partial charge is 0.308 e. The summed E-state index contributed by atoms with van der Waals surface area (Å²) in [4.78, 5) is 40.6. The first-order chi connectivity index (χ1) is 18.2. The Morgan fingerprint density at radius 2 is 1.92 bits per heavy atom. The van der Waals surface area contributed by atoms with Crippen molar-refractivity contribution in [2.24, 2.45) is 23.7 Å². The Bertz CT molecular complexity index is 1170. The van der Waals surface area contributed by atoms with Crippen LogP contribution in [0.15, 0.2) is 6.33 Å². The van der Waals surface area contributed by atoms with E-state index < -0.39 is 35.9 Å². The van der Waals surface area contributed by atoms with Gasteiger partial charge in [0.2, 0.25) is 12.1 Å². The standard InChI is InChI=1S/C26H32N4O8/c1-15-4-5-18-16(2)23(35-24-26(18)17(15)8-9-25(3,36-24)37-38-26)34-22(32)7-6-21(31)33-11-10-30-14-29-19(12-27)20(30)13-28/h14-18,23-24H,4-11H2,1-3H3/t15-,16-,17+,18+,23-,24-,25-,26-/m1/s1. The van der Waals surface area contributed by atoms with Gasteiger partial charge in [0.1, 0.15) is 18.7 Å². The largest absolute Gasteiger partial charge is 0.464 e. The van der Waals surface area contributed by atoms with Crippen LogP contribution < -0.4 is 0 Å². The number of ether oxygens (including phenoxy) is 4. The first-order valence-electron chi connectivity index (χ1n) is 13.1. The third-order valence-electron chi connectivity index (χ3n) is 8.52. The van der Waals surface area contributed by atoms with E-state index in [0.717, 1.165) is 19.3 Å². The van der Waals surface area contributed by atoms with E-state index in [1.807, 2.05) is 26.0 Å². The summed E-state index contributed by atoms with van der Waals surface area (Å²) in [5, 5.41) is 18.1. The average Bonchev–Trinajstić information content (AvgIpc) is 3.16. The number of nitrogens with zero attached hydrogens (tertiary/aromatic N) is 4. The van der Waals surface area contributed by atoms with E-state index in [2.05, 4.69) is 11.9 Å². The third kappa shape index (κ3) is 4.56. The lowest BCUT2D eigenvalue weighted by molar-refractivity contribution is -0.576. The van der Waals surface area contributed by atoms with Gasteiger partial charge in [-0.3, -0.25) is 9.59 Å². The molecule has 38 heavy (non-hydrogen) atoms. The minimum Gasteiger partial charge on any atom is -0.464 e. The number of fused-ring (bicyclic) bond motifs is 2. The fraction of sp³-hybridized carbons (Fsp3) is 0.731. The Hall–Kier alpha value is -3.03. The summed E-state index contributed by atoms with van der Waals surface area (Å²) >= 11 is 0. The normalized spacial score (nSPS) is 37.3. The maximum Gasteiger partial charge on any atom is 0.308 e. The molecular formula is C26H32N4O8. The molecule has 5 heterocycles. The van der Waals surface area contributed by atoms with Gasteiger partial charge in [-0.05, 0) is 38.0 Å². The van der Waals surface area contributed by atoms with Gasteiger partial charge in [-0.1, -0.05) is 13.8 Å². The third-order valence-corrected chi connectivity index (χ3v) is 8.52. The van der Waals surface area contributed by atoms with Crippen molar-refractivity contribution >= 4 is 11.9 Å². The second-order valence-electron chi connectivity index (χ2n) is 10.8. The number of rotatable bonds is 7. The van der Waals surface area contributed by atoms with Crippen LogP contribution in [0.25, 0.3) is 0 Å². The molecule has 5 fully saturated rings. The lowest BCUT2D eigenvalue weighted by Gasteiger charge is -2.59. The predicted molar refractivity (Wildman–Crippen MR) is 125 cm³/mol. The molecule has 0 radical (unpaired) electrons. The zero-order chi connectivity index (χ0) is 27.1. The lowest BCUT2D eigenvalue weighted by Crippen LogP contribution is -2.70. The lowest BCUT2D eigenvalue weighted by atomic mass is 9.58. The predicted octanol–water partition coefficient (Wildman–Crippen LogP) is 2.70. The molecule has 12 nitrogen and oxygen atoms in total. The number of hydrogen-bond donors (Lipinski definition) is 0. The summed E-state index contributed by atoms with van der Waals surface area (Å²) in [6, 6.07) is 3.74. The summed E-state index contributed by atoms with van der Waals surface area (Å²) in [5.41, 5.74) is -0.625. The van der Waals surface area contributed by atoms with Crippen molar-refractivity contribution < 1.29 is 38.3 Å². The minimum absolute atomic E-state index is 0.0141. The molecule has 0 amide bonds. The molecule has 4 saturated heterocycles. The zero-order valence-corrected chi connectivity index (χ0v) is 21.8. The van der Waals surface area contributed by atoms with Crippen LogP contribution in [0.5, 0.6) is 0 Å². The van der Waals surface area contributed by atoms with Crippen LogP contribution >= 0.6 is 0 Å². The number of carbonyl (C=O) groups excluding carboxylic acids is 2. The van der Waals surface area contributed by atoms with Crippen molar-refractivity contribution in [1.29, 1.82) is 10.5 Å². The summed E-state index contributed by atoms with van der Waals surface area (Å²) in [6.07, 6.45) is 2.96. The summed E-state index contributed by atoms with van der Waals surface area (Å²) < 4.78 is 24.8. The molecule has 1 aromatic rings. The molecule has 204 valence electrons. The second kappa shape index (κ2) is 10.3.